The number of nitrogens with two attached hydrogens (primary N) is 2. The molecule has 0 aliphatic heterocycles. The van der Waals surface area contributed by atoms with Gasteiger partial charge in [0.25, 0.3) is 0 Å². The second-order valence-electron chi connectivity index (χ2n) is 6.40. The van der Waals surface area contributed by atoms with Crippen molar-refractivity contribution in [2.75, 3.05) is 13.3 Å². The predicted molar refractivity (Wildman–Crippen MR) is 74.9 cm³/mol. The summed E-state index contributed by atoms with van der Waals surface area (Å²) in [5.41, 5.74) is 10.3. The summed E-state index contributed by atoms with van der Waals surface area (Å²) < 4.78 is 22.0. The van der Waals surface area contributed by atoms with Gasteiger partial charge in [-0.05, 0) is 13.3 Å². The molecule has 0 unspecified atom stereocenters. The molecule has 0 fully saturated rings. The van der Waals surface area contributed by atoms with Gasteiger partial charge >= 0.3 is 0 Å². The van der Waals surface area contributed by atoms with E-state index in [2.05, 4.69) is 0 Å². The minimum Gasteiger partial charge on any atom is -0.324 e. The van der Waals surface area contributed by atoms with Crippen LogP contribution in [0.5, 0.6) is 0 Å². The molecule has 0 aromatic heterocycles. The first kappa shape index (κ1) is 18.7. The fraction of sp³-hybridized carbons (Fsp3) is 1.00. The first-order chi connectivity index (χ1) is 6.50. The molecule has 0 bridgehead atoms. The highest BCUT2D eigenvalue weighted by atomic mass is 31.2. The van der Waals surface area contributed by atoms with Crippen LogP contribution in [0.15, 0.2) is 0 Å². The van der Waals surface area contributed by atoms with E-state index in [0.29, 0.717) is 0 Å². The Morgan fingerprint density at radius 1 is 0.750 bits per heavy atom. The molecule has 4 N–H and O–H groups in total. The van der Waals surface area contributed by atoms with E-state index in [1.807, 2.05) is 34.1 Å². The van der Waals surface area contributed by atoms with Crippen LogP contribution < -0.4 is 11.0 Å². The predicted octanol–water partition coefficient (Wildman–Crippen LogP) is 3.30. The molecule has 6 heteroatoms. The Balaban J connectivity index is 0. The van der Waals surface area contributed by atoms with Gasteiger partial charge in [-0.2, -0.15) is 0 Å². The second kappa shape index (κ2) is 5.35. The van der Waals surface area contributed by atoms with E-state index in [1.54, 1.807) is 20.8 Å². The van der Waals surface area contributed by atoms with E-state index in [0.717, 1.165) is 0 Å². The Bertz CT molecular complexity index is 270. The zero-order valence-corrected chi connectivity index (χ0v) is 13.7. The molecule has 0 heterocycles. The van der Waals surface area contributed by atoms with E-state index in [4.69, 9.17) is 11.0 Å². The topological polar surface area (TPSA) is 86.2 Å². The lowest BCUT2D eigenvalue weighted by Crippen LogP contribution is -2.25. The van der Waals surface area contributed by atoms with Gasteiger partial charge in [0.2, 0.25) is 7.44 Å². The van der Waals surface area contributed by atoms with Crippen molar-refractivity contribution in [3.8, 4) is 0 Å². The number of hydrogen-bond acceptors (Lipinski definition) is 2. The summed E-state index contributed by atoms with van der Waals surface area (Å²) >= 11 is 0. The molecule has 0 rings (SSSR count). The van der Waals surface area contributed by atoms with Gasteiger partial charge in [-0.3, -0.25) is 15.6 Å². The molecule has 0 atom stereocenters. The SMILES string of the molecule is CC(C)(C)P(C)(C)=O.CC(C)(C)P(N)(N)=O. The molecule has 0 radical (unpaired) electrons. The average Bonchev–Trinajstić information content (AvgIpc) is 1.77. The zero-order valence-electron chi connectivity index (χ0n) is 11.9. The van der Waals surface area contributed by atoms with Crippen molar-refractivity contribution < 1.29 is 9.13 Å². The van der Waals surface area contributed by atoms with Gasteiger partial charge in [-0.15, -0.1) is 0 Å². The fourth-order valence-electron chi connectivity index (χ4n) is 0. The van der Waals surface area contributed by atoms with Gasteiger partial charge in [0, 0.05) is 10.3 Å². The highest BCUT2D eigenvalue weighted by molar-refractivity contribution is 7.63. The minimum atomic E-state index is -2.85. The van der Waals surface area contributed by atoms with Crippen molar-refractivity contribution >= 4 is 14.6 Å². The van der Waals surface area contributed by atoms with Gasteiger partial charge in [0.15, 0.2) is 0 Å². The summed E-state index contributed by atoms with van der Waals surface area (Å²) in [7, 11) is -4.70. The molecular formula is C10H28N2O2P2. The van der Waals surface area contributed by atoms with Gasteiger partial charge in [0.05, 0.1) is 7.14 Å². The summed E-state index contributed by atoms with van der Waals surface area (Å²) in [5.74, 6) is 0. The second-order valence-corrected chi connectivity index (χ2v) is 13.2. The quantitative estimate of drug-likeness (QED) is 0.661. The third-order valence-corrected chi connectivity index (χ3v) is 7.99. The smallest absolute Gasteiger partial charge is 0.211 e. The van der Waals surface area contributed by atoms with Crippen LogP contribution in [-0.2, 0) is 9.13 Å². The lowest BCUT2D eigenvalue weighted by Gasteiger charge is -2.23. The Kier molecular flexibility index (Phi) is 6.27. The van der Waals surface area contributed by atoms with Crippen LogP contribution in [0, 0.1) is 0 Å². The zero-order chi connectivity index (χ0) is 14.0. The summed E-state index contributed by atoms with van der Waals surface area (Å²) in [5, 5.41) is -0.458. The molecule has 0 aromatic carbocycles. The number of hydrogen-bond donors (Lipinski definition) is 2. The van der Waals surface area contributed by atoms with Gasteiger partial charge < -0.3 is 4.57 Å². The van der Waals surface area contributed by atoms with E-state index in [9.17, 15) is 9.13 Å². The van der Waals surface area contributed by atoms with E-state index in [-0.39, 0.29) is 5.16 Å². The van der Waals surface area contributed by atoms with E-state index >= 15 is 0 Å². The van der Waals surface area contributed by atoms with Crippen molar-refractivity contribution in [2.24, 2.45) is 11.0 Å². The highest BCUT2D eigenvalue weighted by Crippen LogP contribution is 2.50. The minimum absolute atomic E-state index is 0.00694. The number of rotatable bonds is 0. The average molecular weight is 270 g/mol. The highest BCUT2D eigenvalue weighted by Gasteiger charge is 2.27. The van der Waals surface area contributed by atoms with E-state index in [1.165, 1.54) is 0 Å². The maximum atomic E-state index is 11.2. The molecule has 100 valence electrons. The molecule has 0 aliphatic carbocycles. The third-order valence-electron chi connectivity index (χ3n) is 2.66. The van der Waals surface area contributed by atoms with Crippen molar-refractivity contribution in [3.05, 3.63) is 0 Å². The lowest BCUT2D eigenvalue weighted by atomic mass is 10.3. The molecule has 0 amide bonds. The molecule has 0 spiro atoms. The molecule has 0 saturated heterocycles. The van der Waals surface area contributed by atoms with Crippen LogP contribution in [0.4, 0.5) is 0 Å². The molecule has 16 heavy (non-hydrogen) atoms. The van der Waals surface area contributed by atoms with E-state index < -0.39 is 19.7 Å². The summed E-state index contributed by atoms with van der Waals surface area (Å²) in [6, 6.07) is 0. The van der Waals surface area contributed by atoms with Gasteiger partial charge in [0.1, 0.15) is 0 Å². The van der Waals surface area contributed by atoms with Crippen LogP contribution in [0.25, 0.3) is 0 Å². The standard InChI is InChI=1S/C6H15OP.C4H13N2OP/c1-6(2,3)8(4,5)7;1-4(2,3)8(5,6)7/h1-5H3;1-3H3,(H4,5,6,7). The van der Waals surface area contributed by atoms with Gasteiger partial charge in [-0.25, -0.2) is 0 Å². The summed E-state index contributed by atoms with van der Waals surface area (Å²) in [6.45, 7) is 14.9. The Hall–Kier alpha value is 0.380. The van der Waals surface area contributed by atoms with Gasteiger partial charge in [-0.1, -0.05) is 41.5 Å². The fourth-order valence-corrected chi connectivity index (χ4v) is 0. The molecular weight excluding hydrogens is 242 g/mol. The first-order valence-corrected chi connectivity index (χ1v) is 9.67. The van der Waals surface area contributed by atoms with Crippen molar-refractivity contribution in [1.82, 2.24) is 0 Å². The van der Waals surface area contributed by atoms with Crippen molar-refractivity contribution in [2.45, 2.75) is 51.9 Å². The molecule has 0 aliphatic rings. The van der Waals surface area contributed by atoms with Crippen LogP contribution in [0.3, 0.4) is 0 Å². The van der Waals surface area contributed by atoms with Crippen molar-refractivity contribution in [3.63, 3.8) is 0 Å². The normalized spacial score (nSPS) is 14.1. The largest absolute Gasteiger partial charge is 0.324 e. The Morgan fingerprint density at radius 3 is 0.875 bits per heavy atom. The Labute approximate surface area is 100 Å². The summed E-state index contributed by atoms with van der Waals surface area (Å²) in [4.78, 5) is 0. The van der Waals surface area contributed by atoms with Crippen molar-refractivity contribution in [1.29, 1.82) is 0 Å². The van der Waals surface area contributed by atoms with Crippen LogP contribution in [-0.4, -0.2) is 23.6 Å². The maximum absolute atomic E-state index is 11.2. The Morgan fingerprint density at radius 2 is 0.875 bits per heavy atom. The summed E-state index contributed by atoms with van der Waals surface area (Å²) in [6.07, 6.45) is 0. The van der Waals surface area contributed by atoms with Crippen LogP contribution in [0.1, 0.15) is 41.5 Å². The maximum Gasteiger partial charge on any atom is 0.211 e. The lowest BCUT2D eigenvalue weighted by molar-refractivity contribution is 0.550. The third kappa shape index (κ3) is 7.62. The monoisotopic (exact) mass is 270 g/mol. The molecule has 0 saturated carbocycles. The van der Waals surface area contributed by atoms with Crippen LogP contribution >= 0.6 is 14.6 Å². The molecule has 0 aromatic rings. The first-order valence-electron chi connectivity index (χ1n) is 5.22. The van der Waals surface area contributed by atoms with Crippen LogP contribution in [0.2, 0.25) is 0 Å². The molecule has 4 nitrogen and oxygen atoms in total.